The zero-order chi connectivity index (χ0) is 7.72. The Hall–Kier alpha value is -0.310. The van der Waals surface area contributed by atoms with Crippen LogP contribution in [0.5, 0.6) is 0 Å². The molecule has 1 aliphatic rings. The van der Waals surface area contributed by atoms with Crippen molar-refractivity contribution in [2.45, 2.75) is 24.8 Å². The SMILES string of the molecule is CC1=C[C@@H]([C@@H](C)Br)OC1=O. The number of halogens is 1. The lowest BCUT2D eigenvalue weighted by molar-refractivity contribution is -0.139. The molecule has 2 nitrogen and oxygen atoms in total. The van der Waals surface area contributed by atoms with Gasteiger partial charge in [-0.15, -0.1) is 0 Å². The van der Waals surface area contributed by atoms with Crippen LogP contribution in [0.4, 0.5) is 0 Å². The molecule has 0 unspecified atom stereocenters. The maximum Gasteiger partial charge on any atom is 0.334 e. The zero-order valence-electron chi connectivity index (χ0n) is 5.93. The maximum absolute atomic E-state index is 10.8. The number of carbonyl (C=O) groups excluding carboxylic acids is 1. The van der Waals surface area contributed by atoms with Gasteiger partial charge in [0.25, 0.3) is 0 Å². The van der Waals surface area contributed by atoms with Crippen molar-refractivity contribution in [2.24, 2.45) is 0 Å². The molecule has 0 radical (unpaired) electrons. The monoisotopic (exact) mass is 204 g/mol. The summed E-state index contributed by atoms with van der Waals surface area (Å²) in [4.78, 5) is 11.0. The smallest absolute Gasteiger partial charge is 0.334 e. The minimum absolute atomic E-state index is 0.0764. The number of ether oxygens (including phenoxy) is 1. The van der Waals surface area contributed by atoms with Gasteiger partial charge in [0.2, 0.25) is 0 Å². The molecule has 0 fully saturated rings. The topological polar surface area (TPSA) is 26.3 Å². The Balaban J connectivity index is 2.65. The van der Waals surface area contributed by atoms with Gasteiger partial charge in [-0.3, -0.25) is 0 Å². The van der Waals surface area contributed by atoms with E-state index in [1.165, 1.54) is 0 Å². The van der Waals surface area contributed by atoms with Gasteiger partial charge in [0.15, 0.2) is 0 Å². The van der Waals surface area contributed by atoms with Crippen LogP contribution in [0, 0.1) is 0 Å². The first-order chi connectivity index (χ1) is 4.61. The first kappa shape index (κ1) is 7.79. The van der Waals surface area contributed by atoms with E-state index in [4.69, 9.17) is 4.74 Å². The first-order valence-corrected chi connectivity index (χ1v) is 4.06. The van der Waals surface area contributed by atoms with Gasteiger partial charge in [-0.1, -0.05) is 15.9 Å². The van der Waals surface area contributed by atoms with E-state index in [1.807, 2.05) is 13.0 Å². The Kier molecular flexibility index (Phi) is 2.14. The molecule has 0 N–H and O–H groups in total. The van der Waals surface area contributed by atoms with Crippen molar-refractivity contribution >= 4 is 21.9 Å². The quantitative estimate of drug-likeness (QED) is 0.480. The summed E-state index contributed by atoms with van der Waals surface area (Å²) in [6, 6.07) is 0. The summed E-state index contributed by atoms with van der Waals surface area (Å²) in [5.74, 6) is -0.198. The number of esters is 1. The zero-order valence-corrected chi connectivity index (χ0v) is 7.51. The van der Waals surface area contributed by atoms with Crippen LogP contribution in [0.25, 0.3) is 0 Å². The molecule has 0 aromatic rings. The molecule has 2 atom stereocenters. The number of hydrogen-bond donors (Lipinski definition) is 0. The summed E-state index contributed by atoms with van der Waals surface area (Å²) in [7, 11) is 0. The summed E-state index contributed by atoms with van der Waals surface area (Å²) < 4.78 is 4.96. The molecule has 10 heavy (non-hydrogen) atoms. The molecule has 1 heterocycles. The van der Waals surface area contributed by atoms with E-state index in [2.05, 4.69) is 15.9 Å². The molecule has 0 saturated carbocycles. The Morgan fingerprint density at radius 1 is 1.80 bits per heavy atom. The second kappa shape index (κ2) is 2.74. The van der Waals surface area contributed by atoms with Gasteiger partial charge >= 0.3 is 5.97 Å². The van der Waals surface area contributed by atoms with Crippen molar-refractivity contribution in [3.05, 3.63) is 11.6 Å². The number of hydrogen-bond acceptors (Lipinski definition) is 2. The Morgan fingerprint density at radius 2 is 2.40 bits per heavy atom. The Labute approximate surface area is 68.4 Å². The third-order valence-electron chi connectivity index (χ3n) is 1.43. The van der Waals surface area contributed by atoms with E-state index >= 15 is 0 Å². The standard InChI is InChI=1S/C7H9BrO2/c1-4-3-6(5(2)8)10-7(4)9/h3,5-6H,1-2H3/t5-,6+/m1/s1. The van der Waals surface area contributed by atoms with Crippen LogP contribution < -0.4 is 0 Å². The highest BCUT2D eigenvalue weighted by Crippen LogP contribution is 2.19. The van der Waals surface area contributed by atoms with Crippen molar-refractivity contribution in [2.75, 3.05) is 0 Å². The van der Waals surface area contributed by atoms with Crippen LogP contribution in [0.1, 0.15) is 13.8 Å². The van der Waals surface area contributed by atoms with Crippen molar-refractivity contribution in [1.29, 1.82) is 0 Å². The minimum Gasteiger partial charge on any atom is -0.454 e. The predicted molar refractivity (Wildman–Crippen MR) is 42.0 cm³/mol. The predicted octanol–water partition coefficient (Wildman–Crippen LogP) is 1.64. The highest BCUT2D eigenvalue weighted by molar-refractivity contribution is 9.09. The molecule has 0 aromatic heterocycles. The largest absolute Gasteiger partial charge is 0.454 e. The van der Waals surface area contributed by atoms with Crippen LogP contribution >= 0.6 is 15.9 Å². The maximum atomic E-state index is 10.8. The highest BCUT2D eigenvalue weighted by Gasteiger charge is 2.25. The molecule has 0 aromatic carbocycles. The molecule has 0 amide bonds. The van der Waals surface area contributed by atoms with E-state index in [0.29, 0.717) is 5.57 Å². The van der Waals surface area contributed by atoms with Crippen molar-refractivity contribution < 1.29 is 9.53 Å². The molecular weight excluding hydrogens is 196 g/mol. The molecular formula is C7H9BrO2. The number of alkyl halides is 1. The van der Waals surface area contributed by atoms with Gasteiger partial charge in [0, 0.05) is 5.57 Å². The van der Waals surface area contributed by atoms with Crippen LogP contribution in [0.2, 0.25) is 0 Å². The van der Waals surface area contributed by atoms with Gasteiger partial charge < -0.3 is 4.74 Å². The molecule has 56 valence electrons. The van der Waals surface area contributed by atoms with E-state index in [0.717, 1.165) is 0 Å². The van der Waals surface area contributed by atoms with Gasteiger partial charge in [0.1, 0.15) is 6.10 Å². The van der Waals surface area contributed by atoms with E-state index in [-0.39, 0.29) is 16.9 Å². The van der Waals surface area contributed by atoms with Gasteiger partial charge in [0.05, 0.1) is 4.83 Å². The third-order valence-corrected chi connectivity index (χ3v) is 1.95. The van der Waals surface area contributed by atoms with Crippen LogP contribution in [-0.2, 0) is 9.53 Å². The summed E-state index contributed by atoms with van der Waals surface area (Å²) in [6.45, 7) is 3.71. The molecule has 0 saturated heterocycles. The average molecular weight is 205 g/mol. The lowest BCUT2D eigenvalue weighted by atomic mass is 10.2. The molecule has 1 rings (SSSR count). The van der Waals surface area contributed by atoms with Gasteiger partial charge in [-0.05, 0) is 19.9 Å². The summed E-state index contributed by atoms with van der Waals surface area (Å²) in [5, 5.41) is 0. The van der Waals surface area contributed by atoms with Gasteiger partial charge in [-0.25, -0.2) is 4.79 Å². The van der Waals surface area contributed by atoms with Crippen LogP contribution in [-0.4, -0.2) is 16.9 Å². The Bertz CT molecular complexity index is 184. The Morgan fingerprint density at radius 3 is 2.60 bits per heavy atom. The fraction of sp³-hybridized carbons (Fsp3) is 0.571. The molecule has 3 heteroatoms. The summed E-state index contributed by atoms with van der Waals surface area (Å²) in [6.07, 6.45) is 1.76. The van der Waals surface area contributed by atoms with Crippen molar-refractivity contribution in [3.8, 4) is 0 Å². The molecule has 0 bridgehead atoms. The van der Waals surface area contributed by atoms with Crippen molar-refractivity contribution in [1.82, 2.24) is 0 Å². The first-order valence-electron chi connectivity index (χ1n) is 3.14. The van der Waals surface area contributed by atoms with Gasteiger partial charge in [-0.2, -0.15) is 0 Å². The lowest BCUT2D eigenvalue weighted by Crippen LogP contribution is -2.16. The minimum atomic E-state index is -0.198. The van der Waals surface area contributed by atoms with E-state index in [1.54, 1.807) is 6.92 Å². The molecule has 0 spiro atoms. The van der Waals surface area contributed by atoms with Crippen molar-refractivity contribution in [3.63, 3.8) is 0 Å². The average Bonchev–Trinajstić information content (AvgIpc) is 2.13. The number of rotatable bonds is 1. The lowest BCUT2D eigenvalue weighted by Gasteiger charge is -2.08. The number of carbonyl (C=O) groups is 1. The van der Waals surface area contributed by atoms with E-state index in [9.17, 15) is 4.79 Å². The number of cyclic esters (lactones) is 1. The summed E-state index contributed by atoms with van der Waals surface area (Å²) >= 11 is 3.33. The fourth-order valence-electron chi connectivity index (χ4n) is 0.791. The normalized spacial score (nSPS) is 27.7. The molecule has 1 aliphatic heterocycles. The second-order valence-corrected chi connectivity index (χ2v) is 3.84. The molecule has 0 aliphatic carbocycles. The highest BCUT2D eigenvalue weighted by atomic mass is 79.9. The summed E-state index contributed by atoms with van der Waals surface area (Å²) in [5.41, 5.74) is 0.705. The van der Waals surface area contributed by atoms with Crippen LogP contribution in [0.3, 0.4) is 0 Å². The van der Waals surface area contributed by atoms with E-state index < -0.39 is 0 Å². The second-order valence-electron chi connectivity index (χ2n) is 2.40. The van der Waals surface area contributed by atoms with Crippen LogP contribution in [0.15, 0.2) is 11.6 Å². The third kappa shape index (κ3) is 1.40. The fourth-order valence-corrected chi connectivity index (χ4v) is 1.05.